The van der Waals surface area contributed by atoms with Crippen molar-refractivity contribution in [3.8, 4) is 0 Å². The van der Waals surface area contributed by atoms with Crippen LogP contribution in [0.4, 0.5) is 0 Å². The molecule has 1 aromatic carbocycles. The molecule has 0 heterocycles. The lowest BCUT2D eigenvalue weighted by molar-refractivity contribution is 0.282. The van der Waals surface area contributed by atoms with Crippen molar-refractivity contribution in [1.29, 1.82) is 0 Å². The third-order valence-corrected chi connectivity index (χ3v) is 3.64. The molecule has 0 radical (unpaired) electrons. The summed E-state index contributed by atoms with van der Waals surface area (Å²) < 4.78 is 23.4. The second-order valence-electron chi connectivity index (χ2n) is 3.40. The zero-order valence-electron chi connectivity index (χ0n) is 8.94. The molecule has 7 heteroatoms. The topological polar surface area (TPSA) is 69.6 Å². The Kier molecular flexibility index (Phi) is 4.28. The van der Waals surface area contributed by atoms with Crippen LogP contribution < -0.4 is 4.83 Å². The van der Waals surface area contributed by atoms with Crippen LogP contribution in [0, 0.1) is 0 Å². The standard InChI is InChI=1S/C9H13ClN2O3S/c1-12(2)11-16(14,15)8-4-3-7(6-13)9(10)5-8/h3-5,11,13H,6H2,1-2H3. The minimum Gasteiger partial charge on any atom is -0.392 e. The van der Waals surface area contributed by atoms with Crippen LogP contribution in [-0.2, 0) is 16.6 Å². The van der Waals surface area contributed by atoms with E-state index in [9.17, 15) is 8.42 Å². The predicted octanol–water partition coefficient (Wildman–Crippen LogP) is 0.587. The average Bonchev–Trinajstić information content (AvgIpc) is 2.15. The SMILES string of the molecule is CN(C)NS(=O)(=O)c1ccc(CO)c(Cl)c1. The van der Waals surface area contributed by atoms with E-state index >= 15 is 0 Å². The van der Waals surface area contributed by atoms with Crippen molar-refractivity contribution in [3.63, 3.8) is 0 Å². The third-order valence-electron chi connectivity index (χ3n) is 1.81. The number of benzene rings is 1. The molecule has 5 nitrogen and oxygen atoms in total. The Bertz CT molecular complexity index is 474. The Balaban J connectivity index is 3.10. The minimum absolute atomic E-state index is 0.0587. The van der Waals surface area contributed by atoms with E-state index in [0.717, 1.165) is 0 Å². The third kappa shape index (κ3) is 3.16. The molecule has 0 saturated carbocycles. The summed E-state index contributed by atoms with van der Waals surface area (Å²) in [7, 11) is -0.456. The summed E-state index contributed by atoms with van der Waals surface area (Å²) in [5.74, 6) is 0. The zero-order chi connectivity index (χ0) is 12.3. The zero-order valence-corrected chi connectivity index (χ0v) is 10.5. The summed E-state index contributed by atoms with van der Waals surface area (Å²) >= 11 is 5.81. The summed E-state index contributed by atoms with van der Waals surface area (Å²) in [5, 5.41) is 10.4. The molecule has 0 bridgehead atoms. The molecule has 16 heavy (non-hydrogen) atoms. The number of aliphatic hydroxyl groups is 1. The fourth-order valence-corrected chi connectivity index (χ4v) is 2.53. The highest BCUT2D eigenvalue weighted by Gasteiger charge is 2.15. The van der Waals surface area contributed by atoms with Crippen LogP contribution in [0.1, 0.15) is 5.56 Å². The molecule has 1 rings (SSSR count). The lowest BCUT2D eigenvalue weighted by Gasteiger charge is -2.13. The first-order valence-corrected chi connectivity index (χ1v) is 6.32. The van der Waals surface area contributed by atoms with Gasteiger partial charge >= 0.3 is 0 Å². The lowest BCUT2D eigenvalue weighted by Crippen LogP contribution is -2.36. The quantitative estimate of drug-likeness (QED) is 0.781. The number of aliphatic hydroxyl groups excluding tert-OH is 1. The van der Waals surface area contributed by atoms with Gasteiger partial charge in [-0.1, -0.05) is 17.7 Å². The van der Waals surface area contributed by atoms with E-state index in [1.54, 1.807) is 14.1 Å². The first-order valence-electron chi connectivity index (χ1n) is 4.46. The highest BCUT2D eigenvalue weighted by molar-refractivity contribution is 7.89. The number of hydrazine groups is 1. The predicted molar refractivity (Wildman–Crippen MR) is 61.4 cm³/mol. The molecule has 0 spiro atoms. The van der Waals surface area contributed by atoms with Gasteiger partial charge in [0.2, 0.25) is 0 Å². The van der Waals surface area contributed by atoms with Crippen LogP contribution in [-0.4, -0.2) is 32.6 Å². The average molecular weight is 265 g/mol. The Morgan fingerprint density at radius 3 is 2.50 bits per heavy atom. The molecule has 1 aromatic rings. The number of hydrogen-bond acceptors (Lipinski definition) is 4. The molecule has 0 atom stereocenters. The molecule has 0 aliphatic heterocycles. The Hall–Kier alpha value is -0.660. The van der Waals surface area contributed by atoms with E-state index in [1.807, 2.05) is 0 Å². The molecule has 0 amide bonds. The maximum Gasteiger partial charge on any atom is 0.253 e. The van der Waals surface area contributed by atoms with Gasteiger partial charge in [0.05, 0.1) is 11.5 Å². The molecular weight excluding hydrogens is 252 g/mol. The Morgan fingerprint density at radius 2 is 2.06 bits per heavy atom. The number of nitrogens with zero attached hydrogens (tertiary/aromatic N) is 1. The highest BCUT2D eigenvalue weighted by atomic mass is 35.5. The summed E-state index contributed by atoms with van der Waals surface area (Å²) in [6, 6.07) is 4.18. The van der Waals surface area contributed by atoms with E-state index in [2.05, 4.69) is 4.83 Å². The van der Waals surface area contributed by atoms with Crippen LogP contribution in [0.15, 0.2) is 23.1 Å². The Labute approximate surface area is 99.7 Å². The van der Waals surface area contributed by atoms with Crippen molar-refractivity contribution in [2.24, 2.45) is 0 Å². The maximum atomic E-state index is 11.7. The van der Waals surface area contributed by atoms with Gasteiger partial charge in [-0.15, -0.1) is 4.83 Å². The molecule has 90 valence electrons. The van der Waals surface area contributed by atoms with Gasteiger partial charge in [-0.3, -0.25) is 0 Å². The van der Waals surface area contributed by atoms with Gasteiger partial charge < -0.3 is 5.11 Å². The van der Waals surface area contributed by atoms with Gasteiger partial charge in [0.25, 0.3) is 10.0 Å². The molecule has 2 N–H and O–H groups in total. The van der Waals surface area contributed by atoms with Crippen LogP contribution in [0.25, 0.3) is 0 Å². The Morgan fingerprint density at radius 1 is 1.44 bits per heavy atom. The van der Waals surface area contributed by atoms with Crippen LogP contribution in [0.2, 0.25) is 5.02 Å². The van der Waals surface area contributed by atoms with E-state index in [0.29, 0.717) is 5.56 Å². The van der Waals surface area contributed by atoms with Crippen molar-refractivity contribution in [3.05, 3.63) is 28.8 Å². The smallest absolute Gasteiger partial charge is 0.253 e. The number of halogens is 1. The van der Waals surface area contributed by atoms with Gasteiger partial charge in [-0.05, 0) is 17.7 Å². The lowest BCUT2D eigenvalue weighted by atomic mass is 10.2. The van der Waals surface area contributed by atoms with Crippen LogP contribution in [0.5, 0.6) is 0 Å². The molecular formula is C9H13ClN2O3S. The van der Waals surface area contributed by atoms with Crippen molar-refractivity contribution in [2.45, 2.75) is 11.5 Å². The molecule has 0 aliphatic rings. The molecule has 0 saturated heterocycles. The summed E-state index contributed by atoms with van der Waals surface area (Å²) in [6.07, 6.45) is 0. The molecule has 0 aliphatic carbocycles. The second kappa shape index (κ2) is 5.11. The highest BCUT2D eigenvalue weighted by Crippen LogP contribution is 2.20. The number of hydrogen-bond donors (Lipinski definition) is 2. The first kappa shape index (κ1) is 13.4. The summed E-state index contributed by atoms with van der Waals surface area (Å²) in [6.45, 7) is -0.222. The van der Waals surface area contributed by atoms with Crippen molar-refractivity contribution < 1.29 is 13.5 Å². The number of rotatable bonds is 4. The normalized spacial score (nSPS) is 12.1. The monoisotopic (exact) mass is 264 g/mol. The summed E-state index contributed by atoms with van der Waals surface area (Å²) in [4.78, 5) is 2.34. The van der Waals surface area contributed by atoms with Crippen LogP contribution in [0.3, 0.4) is 0 Å². The van der Waals surface area contributed by atoms with Gasteiger partial charge in [-0.25, -0.2) is 13.4 Å². The second-order valence-corrected chi connectivity index (χ2v) is 5.47. The van der Waals surface area contributed by atoms with Crippen molar-refractivity contribution in [1.82, 2.24) is 9.84 Å². The number of sulfonamides is 1. The van der Waals surface area contributed by atoms with Gasteiger partial charge in [0.15, 0.2) is 0 Å². The van der Waals surface area contributed by atoms with E-state index in [4.69, 9.17) is 16.7 Å². The first-order chi connectivity index (χ1) is 7.36. The fourth-order valence-electron chi connectivity index (χ4n) is 1.12. The minimum atomic E-state index is -3.60. The van der Waals surface area contributed by atoms with Gasteiger partial charge in [-0.2, -0.15) is 0 Å². The van der Waals surface area contributed by atoms with Gasteiger partial charge in [0.1, 0.15) is 0 Å². The van der Waals surface area contributed by atoms with Gasteiger partial charge in [0, 0.05) is 19.1 Å². The molecule has 0 fully saturated rings. The van der Waals surface area contributed by atoms with Crippen molar-refractivity contribution in [2.75, 3.05) is 14.1 Å². The largest absolute Gasteiger partial charge is 0.392 e. The van der Waals surface area contributed by atoms with E-state index in [-0.39, 0.29) is 16.5 Å². The molecule has 0 aromatic heterocycles. The van der Waals surface area contributed by atoms with Crippen LogP contribution >= 0.6 is 11.6 Å². The fraction of sp³-hybridized carbons (Fsp3) is 0.333. The number of nitrogens with one attached hydrogen (secondary N) is 1. The van der Waals surface area contributed by atoms with E-state index in [1.165, 1.54) is 23.2 Å². The molecule has 0 unspecified atom stereocenters. The van der Waals surface area contributed by atoms with Crippen molar-refractivity contribution >= 4 is 21.6 Å². The maximum absolute atomic E-state index is 11.7. The summed E-state index contributed by atoms with van der Waals surface area (Å²) in [5.41, 5.74) is 0.491. The van der Waals surface area contributed by atoms with E-state index < -0.39 is 10.0 Å².